The van der Waals surface area contributed by atoms with Gasteiger partial charge in [0.2, 0.25) is 0 Å². The van der Waals surface area contributed by atoms with E-state index in [1.807, 2.05) is 0 Å². The Bertz CT molecular complexity index is 3060. The number of nitrogens with zero attached hydrogens (tertiary/aromatic N) is 7. The second-order valence-electron chi connectivity index (χ2n) is 26.7. The van der Waals surface area contributed by atoms with Gasteiger partial charge in [0, 0.05) is 33.5 Å². The van der Waals surface area contributed by atoms with Gasteiger partial charge in [0.1, 0.15) is 0 Å². The molecule has 2 aliphatic rings. The van der Waals surface area contributed by atoms with E-state index in [-0.39, 0.29) is 17.1 Å². The molecule has 1 radical (unpaired) electrons. The van der Waals surface area contributed by atoms with E-state index in [4.69, 9.17) is 34.9 Å². The molecular weight excluding hydrogens is 1130 g/mol. The average Bonchev–Trinajstić information content (AvgIpc) is 1.72. The molecule has 0 aliphatic carbocycles. The molecule has 2 aliphatic heterocycles. The van der Waals surface area contributed by atoms with Gasteiger partial charge in [-0.1, -0.05) is 258 Å². The van der Waals surface area contributed by atoms with Crippen LogP contribution in [-0.2, 0) is 68.4 Å². The summed E-state index contributed by atoms with van der Waals surface area (Å²) in [5, 5.41) is 4.79. The number of fused-ring (bicyclic) bond motifs is 20. The van der Waals surface area contributed by atoms with Gasteiger partial charge in [-0.15, -0.1) is 0 Å². The summed E-state index contributed by atoms with van der Waals surface area (Å²) in [5.74, 6) is 2.30. The van der Waals surface area contributed by atoms with Crippen LogP contribution in [-0.4, -0.2) is 24.9 Å². The van der Waals surface area contributed by atoms with Crippen molar-refractivity contribution in [3.05, 3.63) is 99.1 Å². The molecule has 9 rings (SSSR count). The quantitative estimate of drug-likeness (QED) is 0.0279. The van der Waals surface area contributed by atoms with Crippen molar-refractivity contribution in [2.24, 2.45) is 0 Å². The van der Waals surface area contributed by atoms with Crippen molar-refractivity contribution in [1.29, 1.82) is 0 Å². The molecule has 483 valence electrons. The molecule has 0 saturated heterocycles. The van der Waals surface area contributed by atoms with Crippen LogP contribution < -0.4 is 9.97 Å². The molecule has 0 atom stereocenters. The SMILES string of the molecule is CCCCCCc1ccc(CCCCCC)c2c1-c1cc3[n-]c(nc4nc(nc5[n-]c(nc-2n1)c1c(CCCCCC)ccc(CCCCCC)c51)-c1c(CCCCCC)ccc(CCCCCC)c1-4)c1c(CCCCCC)ccc(CCCCCC)c31.[Cu+2]. The number of aromatic nitrogens is 7. The number of rotatable bonds is 40. The van der Waals surface area contributed by atoms with Gasteiger partial charge in [0.25, 0.3) is 0 Å². The van der Waals surface area contributed by atoms with Gasteiger partial charge in [0.15, 0.2) is 0 Å². The molecular formula is C81H113CuN7. The Kier molecular flexibility index (Phi) is 28.8. The maximum absolute atomic E-state index is 5.98. The topological polar surface area (TPSA) is 92.7 Å². The molecule has 0 fully saturated rings. The molecule has 0 amide bonds. The normalized spacial score (nSPS) is 12.0. The molecule has 0 spiro atoms. The summed E-state index contributed by atoms with van der Waals surface area (Å²) in [5.41, 5.74) is 19.8. The zero-order valence-electron chi connectivity index (χ0n) is 56.9. The third-order valence-corrected chi connectivity index (χ3v) is 19.5. The van der Waals surface area contributed by atoms with Crippen LogP contribution in [0.3, 0.4) is 0 Å². The van der Waals surface area contributed by atoms with E-state index >= 15 is 0 Å². The molecule has 5 heterocycles. The summed E-state index contributed by atoms with van der Waals surface area (Å²) in [4.78, 5) is 41.4. The molecule has 89 heavy (non-hydrogen) atoms. The number of hydrogen-bond donors (Lipinski definition) is 0. The minimum atomic E-state index is 0. The fourth-order valence-electron chi connectivity index (χ4n) is 14.5. The van der Waals surface area contributed by atoms with Crippen LogP contribution in [0.25, 0.3) is 89.4 Å². The van der Waals surface area contributed by atoms with Gasteiger partial charge >= 0.3 is 17.1 Å². The Morgan fingerprint density at radius 3 is 0.820 bits per heavy atom. The minimum absolute atomic E-state index is 0. The van der Waals surface area contributed by atoms with Crippen molar-refractivity contribution in [1.82, 2.24) is 34.9 Å². The van der Waals surface area contributed by atoms with E-state index in [0.29, 0.717) is 0 Å². The smallest absolute Gasteiger partial charge is 0.435 e. The molecule has 0 saturated carbocycles. The van der Waals surface area contributed by atoms with Gasteiger partial charge in [0.05, 0.1) is 23.2 Å². The number of hydrogen-bond acceptors (Lipinski definition) is 5. The summed E-state index contributed by atoms with van der Waals surface area (Å²) >= 11 is 0. The maximum Gasteiger partial charge on any atom is 2.00 e. The van der Waals surface area contributed by atoms with Gasteiger partial charge < -0.3 is 24.9 Å². The van der Waals surface area contributed by atoms with E-state index in [2.05, 4.69) is 110 Å². The van der Waals surface area contributed by atoms with Crippen LogP contribution in [0.5, 0.6) is 0 Å². The summed E-state index contributed by atoms with van der Waals surface area (Å²) in [6.45, 7) is 18.6. The Hall–Kier alpha value is -5.17. The zero-order valence-corrected chi connectivity index (χ0v) is 57.9. The van der Waals surface area contributed by atoms with E-state index in [0.717, 1.165) is 159 Å². The third kappa shape index (κ3) is 17.7. The molecule has 8 heteroatoms. The van der Waals surface area contributed by atoms with Crippen molar-refractivity contribution < 1.29 is 17.1 Å². The number of aryl methyl sites for hydroxylation is 8. The van der Waals surface area contributed by atoms with E-state index < -0.39 is 0 Å². The summed E-state index contributed by atoms with van der Waals surface area (Å²) in [7, 11) is 0. The first kappa shape index (κ1) is 69.7. The Morgan fingerprint density at radius 2 is 0.494 bits per heavy atom. The van der Waals surface area contributed by atoms with Crippen molar-refractivity contribution in [3.63, 3.8) is 0 Å². The van der Waals surface area contributed by atoms with Crippen molar-refractivity contribution in [3.8, 4) is 45.4 Å². The van der Waals surface area contributed by atoms with Crippen molar-refractivity contribution in [2.75, 3.05) is 0 Å². The van der Waals surface area contributed by atoms with Gasteiger partial charge in [-0.25, -0.2) is 9.97 Å². The van der Waals surface area contributed by atoms with E-state index in [1.165, 1.54) is 231 Å². The first-order valence-corrected chi connectivity index (χ1v) is 36.8. The molecule has 7 aromatic rings. The first-order valence-electron chi connectivity index (χ1n) is 36.8. The monoisotopic (exact) mass is 1250 g/mol. The number of unbranched alkanes of at least 4 members (excludes halogenated alkanes) is 24. The second-order valence-corrected chi connectivity index (χ2v) is 26.7. The predicted octanol–water partition coefficient (Wildman–Crippen LogP) is 23.7. The Balaban J connectivity index is 0.0000102. The average molecular weight is 1250 g/mol. The van der Waals surface area contributed by atoms with Crippen LogP contribution in [0, 0.1) is 0 Å². The van der Waals surface area contributed by atoms with E-state index in [9.17, 15) is 0 Å². The van der Waals surface area contributed by atoms with Crippen molar-refractivity contribution >= 4 is 44.0 Å². The molecule has 0 unspecified atom stereocenters. The first-order chi connectivity index (χ1) is 43.4. The van der Waals surface area contributed by atoms with Crippen LogP contribution in [0.15, 0.2) is 54.6 Å². The maximum atomic E-state index is 5.98. The third-order valence-electron chi connectivity index (χ3n) is 19.5. The molecule has 7 nitrogen and oxygen atoms in total. The van der Waals surface area contributed by atoms with Crippen LogP contribution in [0.2, 0.25) is 0 Å². The van der Waals surface area contributed by atoms with Gasteiger partial charge in [-0.2, -0.15) is 0 Å². The number of benzene rings is 4. The minimum Gasteiger partial charge on any atom is -0.435 e. The van der Waals surface area contributed by atoms with Gasteiger partial charge in [-0.3, -0.25) is 0 Å². The standard InChI is InChI=1S/C81H113N7.Cu/c1-9-17-25-33-41-58-49-51-60(43-35-27-19-11-3)70-68(58)66-57-67-69-59(42-34-26-18-10-2)50-52-61(44-36-28-20-12-4)71(69)77(83-67)85-79-73-63(46-38-30-22-14-6)54-56-65(48-40-32-24-16-8)75(73)81(87-79)88-80-74-64(47-39-31-23-15-7)55-53-62(45-37-29-21-13-5)72(74)78(86-80)84-76(70)82-66;/h49-57H,9-48H2,1-8H3;/q-2;+2. The fraction of sp³-hybridized carbons (Fsp3) is 0.593. The molecule has 0 N–H and O–H groups in total. The van der Waals surface area contributed by atoms with Crippen LogP contribution in [0.4, 0.5) is 0 Å². The fourth-order valence-corrected chi connectivity index (χ4v) is 14.5. The molecule has 4 aromatic carbocycles. The Labute approximate surface area is 549 Å². The molecule has 3 aromatic heterocycles. The van der Waals surface area contributed by atoms with Gasteiger partial charge in [-0.05, 0) is 186 Å². The largest absolute Gasteiger partial charge is 2.00 e. The summed E-state index contributed by atoms with van der Waals surface area (Å²) < 4.78 is 0. The Morgan fingerprint density at radius 1 is 0.247 bits per heavy atom. The molecule has 8 bridgehead atoms. The summed E-state index contributed by atoms with van der Waals surface area (Å²) in [6.07, 6.45) is 46.2. The van der Waals surface area contributed by atoms with E-state index in [1.54, 1.807) is 0 Å². The summed E-state index contributed by atoms with van der Waals surface area (Å²) in [6, 6.07) is 22.0. The van der Waals surface area contributed by atoms with Crippen LogP contribution in [0.1, 0.15) is 305 Å². The van der Waals surface area contributed by atoms with Crippen molar-refractivity contribution in [2.45, 2.75) is 312 Å². The van der Waals surface area contributed by atoms with Crippen LogP contribution >= 0.6 is 0 Å². The predicted molar refractivity (Wildman–Crippen MR) is 379 cm³/mol. The second kappa shape index (κ2) is 36.8. The zero-order chi connectivity index (χ0) is 61.5.